The molecule has 1 aliphatic rings. The van der Waals surface area contributed by atoms with Crippen molar-refractivity contribution in [2.45, 2.75) is 12.2 Å². The SMILES string of the molecule is CC1=C(c2cnccn2)SSC1C=S. The Labute approximate surface area is 96.0 Å². The molecule has 0 spiro atoms. The summed E-state index contributed by atoms with van der Waals surface area (Å²) in [6, 6.07) is 0. The lowest BCUT2D eigenvalue weighted by atomic mass is 10.2. The minimum atomic E-state index is 0.340. The zero-order valence-electron chi connectivity index (χ0n) is 7.51. The molecular formula is C9H8N2S3. The Hall–Kier alpha value is -0.390. The molecule has 1 unspecified atom stereocenters. The summed E-state index contributed by atoms with van der Waals surface area (Å²) in [5.74, 6) is 0. The first-order valence-electron chi connectivity index (χ1n) is 4.08. The van der Waals surface area contributed by atoms with Gasteiger partial charge in [0, 0.05) is 17.3 Å². The smallest absolute Gasteiger partial charge is 0.0957 e. The van der Waals surface area contributed by atoms with E-state index in [1.54, 1.807) is 45.5 Å². The Morgan fingerprint density at radius 2 is 2.36 bits per heavy atom. The van der Waals surface area contributed by atoms with Crippen molar-refractivity contribution in [3.63, 3.8) is 0 Å². The lowest BCUT2D eigenvalue weighted by molar-refractivity contribution is 1.17. The lowest BCUT2D eigenvalue weighted by Crippen LogP contribution is -1.99. The van der Waals surface area contributed by atoms with Crippen molar-refractivity contribution >= 4 is 44.1 Å². The summed E-state index contributed by atoms with van der Waals surface area (Å²) in [5.41, 5.74) is 2.23. The van der Waals surface area contributed by atoms with Gasteiger partial charge in [-0.05, 0) is 17.9 Å². The van der Waals surface area contributed by atoms with Crippen molar-refractivity contribution in [2.24, 2.45) is 0 Å². The Morgan fingerprint density at radius 3 is 2.93 bits per heavy atom. The lowest BCUT2D eigenvalue weighted by Gasteiger charge is -2.01. The van der Waals surface area contributed by atoms with Gasteiger partial charge in [0.25, 0.3) is 0 Å². The quantitative estimate of drug-likeness (QED) is 0.585. The van der Waals surface area contributed by atoms with Crippen LogP contribution >= 0.6 is 33.8 Å². The number of hydrogen-bond acceptors (Lipinski definition) is 5. The maximum absolute atomic E-state index is 4.96. The Bertz CT molecular complexity index is 375. The minimum absolute atomic E-state index is 0.340. The van der Waals surface area contributed by atoms with Gasteiger partial charge in [-0.1, -0.05) is 33.8 Å². The predicted molar refractivity (Wildman–Crippen MR) is 67.3 cm³/mol. The third kappa shape index (κ3) is 1.85. The number of thiocarbonyl (C=S) groups is 1. The van der Waals surface area contributed by atoms with Crippen LogP contribution in [0, 0.1) is 0 Å². The van der Waals surface area contributed by atoms with E-state index < -0.39 is 0 Å². The molecule has 2 rings (SSSR count). The number of aromatic nitrogens is 2. The fourth-order valence-electron chi connectivity index (χ4n) is 1.15. The molecule has 1 atom stereocenters. The summed E-state index contributed by atoms with van der Waals surface area (Å²) in [6.07, 6.45) is 5.19. The van der Waals surface area contributed by atoms with Gasteiger partial charge in [0.15, 0.2) is 0 Å². The molecule has 0 saturated heterocycles. The van der Waals surface area contributed by atoms with Gasteiger partial charge in [0.05, 0.1) is 17.1 Å². The Morgan fingerprint density at radius 1 is 1.50 bits per heavy atom. The first-order valence-corrected chi connectivity index (χ1v) is 6.77. The van der Waals surface area contributed by atoms with Gasteiger partial charge in [-0.15, -0.1) is 0 Å². The molecule has 0 amide bonds. The standard InChI is InChI=1S/C9H8N2S3/c1-6-8(5-12)13-14-9(6)7-4-10-2-3-11-7/h2-5,8H,1H3. The maximum Gasteiger partial charge on any atom is 0.0957 e. The van der Waals surface area contributed by atoms with Crippen molar-refractivity contribution < 1.29 is 0 Å². The van der Waals surface area contributed by atoms with E-state index in [2.05, 4.69) is 16.9 Å². The molecule has 0 radical (unpaired) electrons. The molecule has 1 aromatic rings. The van der Waals surface area contributed by atoms with E-state index in [1.165, 1.54) is 10.5 Å². The zero-order chi connectivity index (χ0) is 9.97. The molecule has 14 heavy (non-hydrogen) atoms. The van der Waals surface area contributed by atoms with Crippen LogP contribution in [0.25, 0.3) is 4.91 Å². The van der Waals surface area contributed by atoms with Gasteiger partial charge in [-0.25, -0.2) is 0 Å². The molecular weight excluding hydrogens is 232 g/mol. The topological polar surface area (TPSA) is 25.8 Å². The van der Waals surface area contributed by atoms with E-state index in [9.17, 15) is 0 Å². The van der Waals surface area contributed by atoms with Crippen LogP contribution in [0.1, 0.15) is 12.6 Å². The molecule has 0 N–H and O–H groups in total. The van der Waals surface area contributed by atoms with Gasteiger partial charge in [0.2, 0.25) is 0 Å². The molecule has 5 heteroatoms. The van der Waals surface area contributed by atoms with Gasteiger partial charge < -0.3 is 0 Å². The fourth-order valence-corrected chi connectivity index (χ4v) is 4.62. The van der Waals surface area contributed by atoms with E-state index in [4.69, 9.17) is 12.2 Å². The van der Waals surface area contributed by atoms with E-state index >= 15 is 0 Å². The van der Waals surface area contributed by atoms with Crippen LogP contribution in [0.4, 0.5) is 0 Å². The molecule has 1 aliphatic heterocycles. The number of rotatable bonds is 2. The third-order valence-electron chi connectivity index (χ3n) is 1.94. The molecule has 0 bridgehead atoms. The highest BCUT2D eigenvalue weighted by Crippen LogP contribution is 2.50. The second-order valence-electron chi connectivity index (χ2n) is 2.84. The molecule has 2 heterocycles. The average molecular weight is 240 g/mol. The number of nitrogens with zero attached hydrogens (tertiary/aromatic N) is 2. The van der Waals surface area contributed by atoms with Crippen LogP contribution in [0.2, 0.25) is 0 Å². The van der Waals surface area contributed by atoms with Crippen LogP contribution in [-0.4, -0.2) is 20.6 Å². The van der Waals surface area contributed by atoms with Crippen molar-refractivity contribution in [3.05, 3.63) is 29.9 Å². The highest BCUT2D eigenvalue weighted by atomic mass is 33.1. The van der Waals surface area contributed by atoms with Crippen molar-refractivity contribution in [1.82, 2.24) is 9.97 Å². The summed E-state index contributed by atoms with van der Waals surface area (Å²) in [6.45, 7) is 2.10. The second-order valence-corrected chi connectivity index (χ2v) is 5.46. The minimum Gasteiger partial charge on any atom is -0.261 e. The highest BCUT2D eigenvalue weighted by Gasteiger charge is 2.23. The zero-order valence-corrected chi connectivity index (χ0v) is 9.96. The second kappa shape index (κ2) is 4.42. The summed E-state index contributed by atoms with van der Waals surface area (Å²) in [4.78, 5) is 9.54. The number of hydrogen-bond donors (Lipinski definition) is 0. The first-order chi connectivity index (χ1) is 6.83. The van der Waals surface area contributed by atoms with Gasteiger partial charge >= 0.3 is 0 Å². The summed E-state index contributed by atoms with van der Waals surface area (Å²) >= 11 is 4.96. The molecule has 2 nitrogen and oxygen atoms in total. The van der Waals surface area contributed by atoms with Crippen LogP contribution < -0.4 is 0 Å². The largest absolute Gasteiger partial charge is 0.261 e. The van der Waals surface area contributed by atoms with Crippen LogP contribution in [-0.2, 0) is 0 Å². The van der Waals surface area contributed by atoms with Crippen LogP contribution in [0.15, 0.2) is 24.2 Å². The fraction of sp³-hybridized carbons (Fsp3) is 0.222. The molecule has 72 valence electrons. The molecule has 0 fully saturated rings. The molecule has 1 aromatic heterocycles. The Kier molecular flexibility index (Phi) is 3.20. The first kappa shape index (κ1) is 10.1. The van der Waals surface area contributed by atoms with Crippen LogP contribution in [0.3, 0.4) is 0 Å². The van der Waals surface area contributed by atoms with Crippen molar-refractivity contribution in [1.29, 1.82) is 0 Å². The Balaban J connectivity index is 2.37. The van der Waals surface area contributed by atoms with E-state index in [0.29, 0.717) is 5.25 Å². The van der Waals surface area contributed by atoms with Crippen molar-refractivity contribution in [2.75, 3.05) is 0 Å². The van der Waals surface area contributed by atoms with Gasteiger partial charge in [-0.2, -0.15) is 0 Å². The average Bonchev–Trinajstić information content (AvgIpc) is 2.61. The van der Waals surface area contributed by atoms with E-state index in [-0.39, 0.29) is 0 Å². The van der Waals surface area contributed by atoms with Gasteiger partial charge in [0.1, 0.15) is 0 Å². The summed E-state index contributed by atoms with van der Waals surface area (Å²) in [7, 11) is 3.50. The summed E-state index contributed by atoms with van der Waals surface area (Å²) in [5, 5.41) is 2.14. The van der Waals surface area contributed by atoms with Crippen LogP contribution in [0.5, 0.6) is 0 Å². The molecule has 0 aromatic carbocycles. The third-order valence-corrected chi connectivity index (χ3v) is 5.29. The van der Waals surface area contributed by atoms with Gasteiger partial charge in [-0.3, -0.25) is 9.97 Å². The molecule has 0 aliphatic carbocycles. The maximum atomic E-state index is 4.96. The predicted octanol–water partition coefficient (Wildman–Crippen LogP) is 2.97. The summed E-state index contributed by atoms with van der Waals surface area (Å²) < 4.78 is 0. The van der Waals surface area contributed by atoms with Crippen molar-refractivity contribution in [3.8, 4) is 0 Å². The molecule has 0 saturated carbocycles. The van der Waals surface area contributed by atoms with E-state index in [0.717, 1.165) is 5.69 Å². The monoisotopic (exact) mass is 240 g/mol. The van der Waals surface area contributed by atoms with E-state index in [1.807, 2.05) is 0 Å². The normalized spacial score (nSPS) is 21.4. The highest BCUT2D eigenvalue weighted by molar-refractivity contribution is 8.81.